The highest BCUT2D eigenvalue weighted by Gasteiger charge is 2.28. The second-order valence-electron chi connectivity index (χ2n) is 7.03. The number of sulfonamides is 1. The molecule has 2 fully saturated rings. The number of ether oxygens (including phenoxy) is 1. The van der Waals surface area contributed by atoms with Crippen molar-refractivity contribution in [3.05, 3.63) is 29.3 Å². The Hall–Kier alpha value is -1.48. The van der Waals surface area contributed by atoms with Gasteiger partial charge in [-0.15, -0.1) is 0 Å². The van der Waals surface area contributed by atoms with Crippen LogP contribution in [0.15, 0.2) is 23.1 Å². The topological polar surface area (TPSA) is 79.0 Å². The number of hydrogen-bond acceptors (Lipinski definition) is 5. The van der Waals surface area contributed by atoms with Crippen molar-refractivity contribution >= 4 is 15.9 Å². The standard InChI is InChI=1S/C18H27N3O4S/c1-14-5-6-16(26(23,24)21-9-7-20(2)8-10-21)12-17(14)18(22)19-13-15-4-3-11-25-15/h5-6,12,15H,3-4,7-11,13H2,1-2H3,(H,19,22)/t15-/m0/s1. The lowest BCUT2D eigenvalue weighted by molar-refractivity contribution is 0.0857. The number of rotatable bonds is 5. The van der Waals surface area contributed by atoms with Gasteiger partial charge in [0, 0.05) is 44.9 Å². The van der Waals surface area contributed by atoms with E-state index in [-0.39, 0.29) is 16.9 Å². The predicted molar refractivity (Wildman–Crippen MR) is 98.7 cm³/mol. The largest absolute Gasteiger partial charge is 0.376 e. The van der Waals surface area contributed by atoms with Crippen molar-refractivity contribution in [3.63, 3.8) is 0 Å². The van der Waals surface area contributed by atoms with E-state index in [1.54, 1.807) is 12.1 Å². The Morgan fingerprint density at radius 1 is 1.27 bits per heavy atom. The molecule has 1 N–H and O–H groups in total. The van der Waals surface area contributed by atoms with Crippen LogP contribution in [-0.2, 0) is 14.8 Å². The summed E-state index contributed by atoms with van der Waals surface area (Å²) in [5.41, 5.74) is 1.16. The molecule has 0 aliphatic carbocycles. The van der Waals surface area contributed by atoms with Gasteiger partial charge in [0.2, 0.25) is 10.0 Å². The van der Waals surface area contributed by atoms with Gasteiger partial charge in [-0.1, -0.05) is 6.07 Å². The zero-order valence-corrected chi connectivity index (χ0v) is 16.2. The number of likely N-dealkylation sites (N-methyl/N-ethyl adjacent to an activating group) is 1. The SMILES string of the molecule is Cc1ccc(S(=O)(=O)N2CCN(C)CC2)cc1C(=O)NC[C@@H]1CCCO1. The highest BCUT2D eigenvalue weighted by molar-refractivity contribution is 7.89. The molecule has 0 saturated carbocycles. The lowest BCUT2D eigenvalue weighted by Crippen LogP contribution is -2.47. The van der Waals surface area contributed by atoms with Gasteiger partial charge < -0.3 is 15.0 Å². The molecule has 2 saturated heterocycles. The molecule has 7 nitrogen and oxygen atoms in total. The summed E-state index contributed by atoms with van der Waals surface area (Å²) < 4.78 is 32.8. The quantitative estimate of drug-likeness (QED) is 0.818. The summed E-state index contributed by atoms with van der Waals surface area (Å²) in [6.07, 6.45) is 2.01. The molecule has 0 spiro atoms. The molecule has 2 heterocycles. The van der Waals surface area contributed by atoms with Crippen molar-refractivity contribution in [3.8, 4) is 0 Å². The molecule has 0 radical (unpaired) electrons. The summed E-state index contributed by atoms with van der Waals surface area (Å²) in [5.74, 6) is -0.256. The molecule has 144 valence electrons. The average Bonchev–Trinajstić information content (AvgIpc) is 3.14. The minimum Gasteiger partial charge on any atom is -0.376 e. The third-order valence-electron chi connectivity index (χ3n) is 5.07. The van der Waals surface area contributed by atoms with E-state index in [2.05, 4.69) is 10.2 Å². The molecule has 2 aliphatic rings. The molecule has 2 aliphatic heterocycles. The van der Waals surface area contributed by atoms with Gasteiger partial charge in [0.1, 0.15) is 0 Å². The average molecular weight is 381 g/mol. The van der Waals surface area contributed by atoms with Crippen molar-refractivity contribution in [2.75, 3.05) is 46.4 Å². The first-order valence-corrected chi connectivity index (χ1v) is 10.5. The number of amides is 1. The summed E-state index contributed by atoms with van der Waals surface area (Å²) in [7, 11) is -1.61. The van der Waals surface area contributed by atoms with Crippen molar-refractivity contribution in [2.45, 2.75) is 30.8 Å². The van der Waals surface area contributed by atoms with Gasteiger partial charge in [-0.2, -0.15) is 4.31 Å². The van der Waals surface area contributed by atoms with Gasteiger partial charge in [-0.25, -0.2) is 8.42 Å². The molecule has 3 rings (SSSR count). The fourth-order valence-corrected chi connectivity index (χ4v) is 4.74. The first-order valence-electron chi connectivity index (χ1n) is 9.07. The van der Waals surface area contributed by atoms with E-state index in [1.165, 1.54) is 10.4 Å². The maximum Gasteiger partial charge on any atom is 0.251 e. The van der Waals surface area contributed by atoms with Gasteiger partial charge in [0.25, 0.3) is 5.91 Å². The van der Waals surface area contributed by atoms with Crippen LogP contribution < -0.4 is 5.32 Å². The Kier molecular flexibility index (Phi) is 5.96. The van der Waals surface area contributed by atoms with Gasteiger partial charge in [-0.3, -0.25) is 4.79 Å². The highest BCUT2D eigenvalue weighted by atomic mass is 32.2. The van der Waals surface area contributed by atoms with Crippen LogP contribution in [0.25, 0.3) is 0 Å². The van der Waals surface area contributed by atoms with Crippen LogP contribution in [0.2, 0.25) is 0 Å². The van der Waals surface area contributed by atoms with Gasteiger partial charge in [0.15, 0.2) is 0 Å². The van der Waals surface area contributed by atoms with Crippen LogP contribution in [0.4, 0.5) is 0 Å². The number of nitrogens with zero attached hydrogens (tertiary/aromatic N) is 2. The molecule has 8 heteroatoms. The number of piperazine rings is 1. The Bertz CT molecular complexity index is 752. The predicted octanol–water partition coefficient (Wildman–Crippen LogP) is 0.840. The molecular formula is C18H27N3O4S. The summed E-state index contributed by atoms with van der Waals surface area (Å²) in [6, 6.07) is 4.78. The van der Waals surface area contributed by atoms with E-state index in [0.29, 0.717) is 38.3 Å². The van der Waals surface area contributed by atoms with E-state index < -0.39 is 10.0 Å². The van der Waals surface area contributed by atoms with Crippen LogP contribution in [-0.4, -0.2) is 76.0 Å². The third kappa shape index (κ3) is 4.25. The van der Waals surface area contributed by atoms with Gasteiger partial charge >= 0.3 is 0 Å². The number of carbonyl (C=O) groups excluding carboxylic acids is 1. The maximum atomic E-state index is 12.9. The number of aryl methyl sites for hydroxylation is 1. The summed E-state index contributed by atoms with van der Waals surface area (Å²) in [4.78, 5) is 14.8. The van der Waals surface area contributed by atoms with E-state index in [1.807, 2.05) is 14.0 Å². The van der Waals surface area contributed by atoms with Crippen molar-refractivity contribution < 1.29 is 17.9 Å². The van der Waals surface area contributed by atoms with Crippen LogP contribution in [0.5, 0.6) is 0 Å². The zero-order valence-electron chi connectivity index (χ0n) is 15.4. The Morgan fingerprint density at radius 3 is 2.65 bits per heavy atom. The second-order valence-corrected chi connectivity index (χ2v) is 8.97. The van der Waals surface area contributed by atoms with Crippen molar-refractivity contribution in [1.82, 2.24) is 14.5 Å². The lowest BCUT2D eigenvalue weighted by Gasteiger charge is -2.31. The Morgan fingerprint density at radius 2 is 2.00 bits per heavy atom. The first-order chi connectivity index (χ1) is 12.4. The molecule has 1 aromatic carbocycles. The normalized spacial score (nSPS) is 22.5. The summed E-state index contributed by atoms with van der Waals surface area (Å²) in [6.45, 7) is 5.35. The maximum absolute atomic E-state index is 12.9. The zero-order chi connectivity index (χ0) is 18.7. The number of hydrogen-bond donors (Lipinski definition) is 1. The lowest BCUT2D eigenvalue weighted by atomic mass is 10.1. The number of nitrogens with one attached hydrogen (secondary N) is 1. The van der Waals surface area contributed by atoms with Crippen LogP contribution in [0, 0.1) is 6.92 Å². The minimum atomic E-state index is -3.59. The fraction of sp³-hybridized carbons (Fsp3) is 0.611. The van der Waals surface area contributed by atoms with Gasteiger partial charge in [-0.05, 0) is 44.5 Å². The Labute approximate surface area is 155 Å². The fourth-order valence-electron chi connectivity index (χ4n) is 3.29. The molecule has 1 atom stereocenters. The minimum absolute atomic E-state index is 0.0523. The summed E-state index contributed by atoms with van der Waals surface area (Å²) >= 11 is 0. The monoisotopic (exact) mass is 381 g/mol. The molecular weight excluding hydrogens is 354 g/mol. The van der Waals surface area contributed by atoms with E-state index in [4.69, 9.17) is 4.74 Å². The summed E-state index contributed by atoms with van der Waals surface area (Å²) in [5, 5.41) is 2.87. The van der Waals surface area contributed by atoms with E-state index >= 15 is 0 Å². The van der Waals surface area contributed by atoms with E-state index in [9.17, 15) is 13.2 Å². The molecule has 0 unspecified atom stereocenters. The molecule has 0 aromatic heterocycles. The van der Waals surface area contributed by atoms with Gasteiger partial charge in [0.05, 0.1) is 11.0 Å². The third-order valence-corrected chi connectivity index (χ3v) is 6.96. The van der Waals surface area contributed by atoms with E-state index in [0.717, 1.165) is 25.0 Å². The number of benzene rings is 1. The van der Waals surface area contributed by atoms with Crippen LogP contribution >= 0.6 is 0 Å². The molecule has 1 aromatic rings. The van der Waals surface area contributed by atoms with Crippen molar-refractivity contribution in [2.24, 2.45) is 0 Å². The highest BCUT2D eigenvalue weighted by Crippen LogP contribution is 2.21. The number of carbonyl (C=O) groups is 1. The molecule has 26 heavy (non-hydrogen) atoms. The molecule has 1 amide bonds. The van der Waals surface area contributed by atoms with Crippen LogP contribution in [0.3, 0.4) is 0 Å². The smallest absolute Gasteiger partial charge is 0.251 e. The first kappa shape index (κ1) is 19.3. The molecule has 0 bridgehead atoms. The second kappa shape index (κ2) is 8.04. The van der Waals surface area contributed by atoms with Crippen LogP contribution in [0.1, 0.15) is 28.8 Å². The van der Waals surface area contributed by atoms with Crippen molar-refractivity contribution in [1.29, 1.82) is 0 Å². The Balaban J connectivity index is 1.74.